The normalized spacial score (nSPS) is 8.53. The molecule has 0 atom stereocenters. The van der Waals surface area contributed by atoms with Gasteiger partial charge in [-0.05, 0) is 24.4 Å². The van der Waals surface area contributed by atoms with Gasteiger partial charge in [0.25, 0.3) is 0 Å². The lowest BCUT2D eigenvalue weighted by Gasteiger charge is -1.90. The third kappa shape index (κ3) is 5.37. The Kier molecular flexibility index (Phi) is 5.52. The van der Waals surface area contributed by atoms with Crippen molar-refractivity contribution in [1.29, 1.82) is 0 Å². The number of aromatic nitrogens is 1. The molecule has 0 N–H and O–H groups in total. The lowest BCUT2D eigenvalue weighted by molar-refractivity contribution is 1.08. The minimum atomic E-state index is 0.723. The number of aliphatic imine (C=N–C) groups is 1. The van der Waals surface area contributed by atoms with Crippen LogP contribution >= 0.6 is 0 Å². The van der Waals surface area contributed by atoms with Crippen molar-refractivity contribution in [2.24, 2.45) is 4.99 Å². The van der Waals surface area contributed by atoms with E-state index in [1.807, 2.05) is 48.5 Å². The third-order valence-electron chi connectivity index (χ3n) is 1.70. The van der Waals surface area contributed by atoms with Crippen molar-refractivity contribution in [2.75, 3.05) is 0 Å². The molecule has 0 amide bonds. The first-order valence-electron chi connectivity index (χ1n) is 4.75. The first kappa shape index (κ1) is 11.1. The molecule has 1 aromatic heterocycles. The molecule has 2 aromatic rings. The minimum Gasteiger partial charge on any atom is -0.296 e. The molecular formula is C13H14N2. The molecule has 76 valence electrons. The summed E-state index contributed by atoms with van der Waals surface area (Å²) >= 11 is 0. The van der Waals surface area contributed by atoms with Crippen molar-refractivity contribution in [2.45, 2.75) is 6.54 Å². The summed E-state index contributed by atoms with van der Waals surface area (Å²) in [6.07, 6.45) is 3.50. The van der Waals surface area contributed by atoms with Crippen LogP contribution < -0.4 is 0 Å². The molecule has 0 spiro atoms. The molecule has 0 aliphatic rings. The van der Waals surface area contributed by atoms with E-state index in [1.165, 1.54) is 5.56 Å². The molecular weight excluding hydrogens is 184 g/mol. The van der Waals surface area contributed by atoms with E-state index in [4.69, 9.17) is 0 Å². The quantitative estimate of drug-likeness (QED) is 0.681. The molecule has 0 fully saturated rings. The van der Waals surface area contributed by atoms with Gasteiger partial charge in [0.1, 0.15) is 0 Å². The Hall–Kier alpha value is -1.96. The van der Waals surface area contributed by atoms with Crippen LogP contribution in [0, 0.1) is 0 Å². The Bertz CT molecular complexity index is 330. The number of rotatable bonds is 2. The smallest absolute Gasteiger partial charge is 0.0632 e. The SMILES string of the molecule is C=NCc1ccccc1.c1ccncc1. The lowest BCUT2D eigenvalue weighted by Crippen LogP contribution is -1.76. The van der Waals surface area contributed by atoms with Gasteiger partial charge in [-0.2, -0.15) is 0 Å². The van der Waals surface area contributed by atoms with Gasteiger partial charge in [0.2, 0.25) is 0 Å². The molecule has 0 radical (unpaired) electrons. The minimum absolute atomic E-state index is 0.723. The Labute approximate surface area is 90.3 Å². The predicted octanol–water partition coefficient (Wildman–Crippen LogP) is 2.97. The maximum atomic E-state index is 3.78. The van der Waals surface area contributed by atoms with E-state index >= 15 is 0 Å². The van der Waals surface area contributed by atoms with E-state index in [1.54, 1.807) is 12.4 Å². The highest BCUT2D eigenvalue weighted by Crippen LogP contribution is 1.98. The maximum Gasteiger partial charge on any atom is 0.0632 e. The molecule has 1 aromatic carbocycles. The molecule has 0 saturated heterocycles. The molecule has 1 heterocycles. The molecule has 2 nitrogen and oxygen atoms in total. The van der Waals surface area contributed by atoms with Crippen LogP contribution in [0.5, 0.6) is 0 Å². The molecule has 0 aliphatic heterocycles. The van der Waals surface area contributed by atoms with Crippen molar-refractivity contribution in [3.8, 4) is 0 Å². The molecule has 0 aliphatic carbocycles. The van der Waals surface area contributed by atoms with E-state index in [9.17, 15) is 0 Å². The summed E-state index contributed by atoms with van der Waals surface area (Å²) in [7, 11) is 0. The van der Waals surface area contributed by atoms with Crippen LogP contribution in [0.2, 0.25) is 0 Å². The fourth-order valence-electron chi connectivity index (χ4n) is 1.03. The molecule has 2 rings (SSSR count). The Morgan fingerprint density at radius 2 is 1.53 bits per heavy atom. The van der Waals surface area contributed by atoms with Crippen molar-refractivity contribution in [3.63, 3.8) is 0 Å². The van der Waals surface area contributed by atoms with Crippen molar-refractivity contribution in [3.05, 3.63) is 66.5 Å². The fourth-order valence-corrected chi connectivity index (χ4v) is 1.03. The van der Waals surface area contributed by atoms with Crippen LogP contribution in [0.25, 0.3) is 0 Å². The van der Waals surface area contributed by atoms with Crippen LogP contribution in [-0.2, 0) is 6.54 Å². The van der Waals surface area contributed by atoms with Crippen LogP contribution in [0.1, 0.15) is 5.56 Å². The zero-order valence-electron chi connectivity index (χ0n) is 8.58. The summed E-state index contributed by atoms with van der Waals surface area (Å²) in [5.74, 6) is 0. The molecule has 15 heavy (non-hydrogen) atoms. The second kappa shape index (κ2) is 7.44. The number of hydrogen-bond acceptors (Lipinski definition) is 2. The van der Waals surface area contributed by atoms with Crippen molar-refractivity contribution >= 4 is 6.72 Å². The standard InChI is InChI=1S/C8H9N.C5H5N/c1-9-7-8-5-3-2-4-6-8;1-2-4-6-5-3-1/h2-6H,1,7H2;1-5H. The van der Waals surface area contributed by atoms with E-state index in [0.29, 0.717) is 0 Å². The van der Waals surface area contributed by atoms with Crippen LogP contribution in [0.3, 0.4) is 0 Å². The first-order chi connectivity index (χ1) is 7.43. The summed E-state index contributed by atoms with van der Waals surface area (Å²) < 4.78 is 0. The van der Waals surface area contributed by atoms with Gasteiger partial charge in [-0.3, -0.25) is 9.98 Å². The molecule has 0 saturated carbocycles. The fraction of sp³-hybridized carbons (Fsp3) is 0.0769. The third-order valence-corrected chi connectivity index (χ3v) is 1.70. The summed E-state index contributed by atoms with van der Waals surface area (Å²) in [5.41, 5.74) is 1.22. The van der Waals surface area contributed by atoms with E-state index in [-0.39, 0.29) is 0 Å². The highest BCUT2D eigenvalue weighted by Gasteiger charge is 1.82. The zero-order valence-corrected chi connectivity index (χ0v) is 8.58. The maximum absolute atomic E-state index is 3.78. The summed E-state index contributed by atoms with van der Waals surface area (Å²) in [6, 6.07) is 15.8. The highest BCUT2D eigenvalue weighted by atomic mass is 14.7. The Balaban J connectivity index is 0.000000162. The zero-order chi connectivity index (χ0) is 10.8. The average molecular weight is 198 g/mol. The van der Waals surface area contributed by atoms with Crippen molar-refractivity contribution < 1.29 is 0 Å². The molecule has 0 bridgehead atoms. The monoisotopic (exact) mass is 198 g/mol. The van der Waals surface area contributed by atoms with E-state index in [0.717, 1.165) is 6.54 Å². The van der Waals surface area contributed by atoms with Gasteiger partial charge in [-0.25, -0.2) is 0 Å². The van der Waals surface area contributed by atoms with E-state index < -0.39 is 0 Å². The second-order valence-corrected chi connectivity index (χ2v) is 2.89. The average Bonchev–Trinajstić information content (AvgIpc) is 2.34. The van der Waals surface area contributed by atoms with Gasteiger partial charge in [0.05, 0.1) is 6.54 Å². The highest BCUT2D eigenvalue weighted by molar-refractivity contribution is 5.25. The van der Waals surface area contributed by atoms with Gasteiger partial charge in [0, 0.05) is 12.4 Å². The summed E-state index contributed by atoms with van der Waals surface area (Å²) in [4.78, 5) is 7.54. The lowest BCUT2D eigenvalue weighted by atomic mass is 10.2. The Morgan fingerprint density at radius 1 is 0.933 bits per heavy atom. The van der Waals surface area contributed by atoms with Gasteiger partial charge >= 0.3 is 0 Å². The van der Waals surface area contributed by atoms with Gasteiger partial charge in [-0.15, -0.1) is 0 Å². The van der Waals surface area contributed by atoms with Gasteiger partial charge < -0.3 is 0 Å². The van der Waals surface area contributed by atoms with Crippen LogP contribution in [0.15, 0.2) is 65.9 Å². The molecule has 2 heteroatoms. The summed E-state index contributed by atoms with van der Waals surface area (Å²) in [6.45, 7) is 4.13. The summed E-state index contributed by atoms with van der Waals surface area (Å²) in [5, 5.41) is 0. The second-order valence-electron chi connectivity index (χ2n) is 2.89. The number of nitrogens with zero attached hydrogens (tertiary/aromatic N) is 2. The molecule has 0 unspecified atom stereocenters. The Morgan fingerprint density at radius 3 is 1.93 bits per heavy atom. The largest absolute Gasteiger partial charge is 0.296 e. The number of pyridine rings is 1. The van der Waals surface area contributed by atoms with Crippen molar-refractivity contribution in [1.82, 2.24) is 4.98 Å². The predicted molar refractivity (Wildman–Crippen MR) is 63.9 cm³/mol. The van der Waals surface area contributed by atoms with Gasteiger partial charge in [0.15, 0.2) is 0 Å². The van der Waals surface area contributed by atoms with Crippen LogP contribution in [-0.4, -0.2) is 11.7 Å². The van der Waals surface area contributed by atoms with Crippen LogP contribution in [0.4, 0.5) is 0 Å². The first-order valence-corrected chi connectivity index (χ1v) is 4.75. The number of hydrogen-bond donors (Lipinski definition) is 0. The number of benzene rings is 1. The van der Waals surface area contributed by atoms with E-state index in [2.05, 4.69) is 16.7 Å². The topological polar surface area (TPSA) is 25.2 Å². The van der Waals surface area contributed by atoms with Gasteiger partial charge in [-0.1, -0.05) is 36.4 Å².